The Morgan fingerprint density at radius 2 is 1.95 bits per heavy atom. The van der Waals surface area contributed by atoms with E-state index < -0.39 is 0 Å². The monoisotopic (exact) mass is 288 g/mol. The Labute approximate surface area is 128 Å². The number of carbonyl (C=O) groups excluding carboxylic acids is 1. The number of amides is 1. The molecule has 0 spiro atoms. The van der Waals surface area contributed by atoms with Crippen LogP contribution in [0.15, 0.2) is 24.3 Å². The molecule has 1 aromatic carbocycles. The Kier molecular flexibility index (Phi) is 5.04. The maximum absolute atomic E-state index is 12.3. The minimum atomic E-state index is 0.149. The predicted molar refractivity (Wildman–Crippen MR) is 88.8 cm³/mol. The highest BCUT2D eigenvalue weighted by Crippen LogP contribution is 2.25. The lowest BCUT2D eigenvalue weighted by Crippen LogP contribution is -2.26. The molecule has 1 amide bonds. The summed E-state index contributed by atoms with van der Waals surface area (Å²) < 4.78 is 0. The molecular weight excluding hydrogens is 260 g/mol. The summed E-state index contributed by atoms with van der Waals surface area (Å²) in [6.45, 7) is 8.77. The van der Waals surface area contributed by atoms with Crippen LogP contribution in [0.25, 0.3) is 0 Å². The fraction of sp³-hybridized carbons (Fsp3) is 0.611. The van der Waals surface area contributed by atoms with Crippen molar-refractivity contribution in [2.75, 3.05) is 25.0 Å². The Balaban J connectivity index is 1.92. The largest absolute Gasteiger partial charge is 0.316 e. The third kappa shape index (κ3) is 4.31. The Hall–Kier alpha value is -1.35. The molecule has 116 valence electrons. The van der Waals surface area contributed by atoms with Crippen LogP contribution in [0, 0.1) is 5.92 Å². The Morgan fingerprint density at radius 3 is 2.48 bits per heavy atom. The molecule has 3 nitrogen and oxygen atoms in total. The lowest BCUT2D eigenvalue weighted by molar-refractivity contribution is -0.118. The number of anilines is 1. The predicted octanol–water partition coefficient (Wildman–Crippen LogP) is 3.34. The molecule has 0 aromatic heterocycles. The molecule has 1 fully saturated rings. The van der Waals surface area contributed by atoms with Gasteiger partial charge in [-0.1, -0.05) is 32.9 Å². The van der Waals surface area contributed by atoms with Gasteiger partial charge < -0.3 is 10.2 Å². The number of hydrogen-bond acceptors (Lipinski definition) is 2. The molecule has 1 heterocycles. The van der Waals surface area contributed by atoms with Gasteiger partial charge in [0.15, 0.2) is 0 Å². The van der Waals surface area contributed by atoms with Crippen molar-refractivity contribution in [3.8, 4) is 0 Å². The summed E-state index contributed by atoms with van der Waals surface area (Å²) in [7, 11) is 1.88. The fourth-order valence-corrected chi connectivity index (χ4v) is 2.79. The first-order valence-corrected chi connectivity index (χ1v) is 7.96. The van der Waals surface area contributed by atoms with E-state index in [9.17, 15) is 4.79 Å². The fourth-order valence-electron chi connectivity index (χ4n) is 2.79. The van der Waals surface area contributed by atoms with Crippen molar-refractivity contribution in [2.24, 2.45) is 5.92 Å². The first-order chi connectivity index (χ1) is 9.88. The van der Waals surface area contributed by atoms with Gasteiger partial charge in [0.1, 0.15) is 0 Å². The summed E-state index contributed by atoms with van der Waals surface area (Å²) in [6.07, 6.45) is 2.84. The summed E-state index contributed by atoms with van der Waals surface area (Å²) in [6, 6.07) is 8.35. The number of carbonyl (C=O) groups is 1. The van der Waals surface area contributed by atoms with Crippen LogP contribution in [0.3, 0.4) is 0 Å². The number of rotatable bonds is 4. The van der Waals surface area contributed by atoms with Gasteiger partial charge in [-0.2, -0.15) is 0 Å². The zero-order valence-corrected chi connectivity index (χ0v) is 13.8. The standard InChI is InChI=1S/C18H28N2O/c1-18(2,3)15-6-8-16(9-7-15)20(4)17(21)10-5-14-11-12-19-13-14/h6-9,14,19H,5,10-13H2,1-4H3. The summed E-state index contributed by atoms with van der Waals surface area (Å²) in [5.41, 5.74) is 2.43. The quantitative estimate of drug-likeness (QED) is 0.921. The van der Waals surface area contributed by atoms with Crippen LogP contribution < -0.4 is 10.2 Å². The van der Waals surface area contributed by atoms with Gasteiger partial charge in [-0.25, -0.2) is 0 Å². The van der Waals surface area contributed by atoms with Gasteiger partial charge in [0.05, 0.1) is 0 Å². The van der Waals surface area contributed by atoms with Crippen LogP contribution in [0.5, 0.6) is 0 Å². The first kappa shape index (κ1) is 16.0. The normalized spacial score (nSPS) is 18.8. The van der Waals surface area contributed by atoms with E-state index in [2.05, 4.69) is 50.4 Å². The van der Waals surface area contributed by atoms with Crippen LogP contribution >= 0.6 is 0 Å². The molecule has 0 saturated carbocycles. The Bertz CT molecular complexity index is 467. The molecule has 1 aromatic rings. The number of nitrogens with one attached hydrogen (secondary N) is 1. The summed E-state index contributed by atoms with van der Waals surface area (Å²) >= 11 is 0. The average Bonchev–Trinajstić information content (AvgIpc) is 2.96. The van der Waals surface area contributed by atoms with E-state index in [4.69, 9.17) is 0 Å². The zero-order valence-electron chi connectivity index (χ0n) is 13.8. The topological polar surface area (TPSA) is 32.3 Å². The van der Waals surface area contributed by atoms with Gasteiger partial charge >= 0.3 is 0 Å². The van der Waals surface area contributed by atoms with Crippen molar-refractivity contribution < 1.29 is 4.79 Å². The maximum Gasteiger partial charge on any atom is 0.226 e. The number of hydrogen-bond donors (Lipinski definition) is 1. The third-order valence-electron chi connectivity index (χ3n) is 4.42. The summed E-state index contributed by atoms with van der Waals surface area (Å²) in [5.74, 6) is 0.885. The molecule has 0 aliphatic carbocycles. The Morgan fingerprint density at radius 1 is 1.29 bits per heavy atom. The zero-order chi connectivity index (χ0) is 15.5. The molecule has 3 heteroatoms. The highest BCUT2D eigenvalue weighted by atomic mass is 16.2. The summed E-state index contributed by atoms with van der Waals surface area (Å²) in [5, 5.41) is 3.35. The van der Waals surface area contributed by atoms with Crippen molar-refractivity contribution in [1.82, 2.24) is 5.32 Å². The van der Waals surface area contributed by atoms with Crippen molar-refractivity contribution >= 4 is 11.6 Å². The van der Waals surface area contributed by atoms with Crippen LogP contribution in [-0.2, 0) is 10.2 Å². The van der Waals surface area contributed by atoms with E-state index in [0.717, 1.165) is 25.2 Å². The molecule has 21 heavy (non-hydrogen) atoms. The molecule has 1 aliphatic rings. The van der Waals surface area contributed by atoms with Gasteiger partial charge in [-0.3, -0.25) is 4.79 Å². The first-order valence-electron chi connectivity index (χ1n) is 7.96. The summed E-state index contributed by atoms with van der Waals surface area (Å²) in [4.78, 5) is 14.1. The van der Waals surface area contributed by atoms with Crippen molar-refractivity contribution in [1.29, 1.82) is 0 Å². The second kappa shape index (κ2) is 6.61. The lowest BCUT2D eigenvalue weighted by atomic mass is 9.87. The van der Waals surface area contributed by atoms with E-state index in [1.54, 1.807) is 4.90 Å². The van der Waals surface area contributed by atoms with E-state index in [0.29, 0.717) is 12.3 Å². The number of benzene rings is 1. The molecule has 1 aliphatic heterocycles. The minimum Gasteiger partial charge on any atom is -0.316 e. The van der Waals surface area contributed by atoms with Crippen molar-refractivity contribution in [3.63, 3.8) is 0 Å². The van der Waals surface area contributed by atoms with E-state index in [1.807, 2.05) is 7.05 Å². The minimum absolute atomic E-state index is 0.149. The third-order valence-corrected chi connectivity index (χ3v) is 4.42. The second-order valence-electron chi connectivity index (χ2n) is 7.15. The van der Waals surface area contributed by atoms with E-state index >= 15 is 0 Å². The van der Waals surface area contributed by atoms with Crippen molar-refractivity contribution in [2.45, 2.75) is 45.4 Å². The SMILES string of the molecule is CN(C(=O)CCC1CCNC1)c1ccc(C(C)(C)C)cc1. The van der Waals surface area contributed by atoms with Crippen LogP contribution in [-0.4, -0.2) is 26.0 Å². The molecule has 1 saturated heterocycles. The molecule has 0 radical (unpaired) electrons. The molecule has 1 unspecified atom stereocenters. The van der Waals surface area contributed by atoms with Gasteiger partial charge in [-0.15, -0.1) is 0 Å². The lowest BCUT2D eigenvalue weighted by Gasteiger charge is -2.22. The van der Waals surface area contributed by atoms with E-state index in [1.165, 1.54) is 12.0 Å². The van der Waals surface area contributed by atoms with Crippen LogP contribution in [0.4, 0.5) is 5.69 Å². The molecule has 0 bridgehead atoms. The molecule has 1 atom stereocenters. The number of nitrogens with zero attached hydrogens (tertiary/aromatic N) is 1. The highest BCUT2D eigenvalue weighted by Gasteiger charge is 2.18. The maximum atomic E-state index is 12.3. The molecule has 2 rings (SSSR count). The smallest absolute Gasteiger partial charge is 0.226 e. The van der Waals surface area contributed by atoms with Crippen LogP contribution in [0.1, 0.15) is 45.6 Å². The second-order valence-corrected chi connectivity index (χ2v) is 7.15. The van der Waals surface area contributed by atoms with Crippen LogP contribution in [0.2, 0.25) is 0 Å². The van der Waals surface area contributed by atoms with Gasteiger partial charge in [0.2, 0.25) is 5.91 Å². The molecule has 1 N–H and O–H groups in total. The molecular formula is C18H28N2O. The van der Waals surface area contributed by atoms with E-state index in [-0.39, 0.29) is 11.3 Å². The van der Waals surface area contributed by atoms with Crippen molar-refractivity contribution in [3.05, 3.63) is 29.8 Å². The van der Waals surface area contributed by atoms with Gasteiger partial charge in [0.25, 0.3) is 0 Å². The highest BCUT2D eigenvalue weighted by molar-refractivity contribution is 5.92. The van der Waals surface area contributed by atoms with Gasteiger partial charge in [-0.05, 0) is 55.0 Å². The van der Waals surface area contributed by atoms with Gasteiger partial charge in [0, 0.05) is 19.2 Å². The average molecular weight is 288 g/mol.